The van der Waals surface area contributed by atoms with Gasteiger partial charge in [0.05, 0.1) is 23.5 Å². The number of nitrogens with zero attached hydrogens (tertiary/aromatic N) is 3. The Labute approximate surface area is 167 Å². The summed E-state index contributed by atoms with van der Waals surface area (Å²) in [6, 6.07) is 7.79. The quantitative estimate of drug-likeness (QED) is 0.665. The Morgan fingerprint density at radius 3 is 2.93 bits per heavy atom. The summed E-state index contributed by atoms with van der Waals surface area (Å²) in [5.74, 6) is -0.591. The lowest BCUT2D eigenvalue weighted by Gasteiger charge is -2.15. The average Bonchev–Trinajstić information content (AvgIpc) is 3.26. The molecule has 5 nitrogen and oxygen atoms in total. The summed E-state index contributed by atoms with van der Waals surface area (Å²) in [5.41, 5.74) is 4.79. The fourth-order valence-electron chi connectivity index (χ4n) is 3.67. The van der Waals surface area contributed by atoms with Crippen molar-refractivity contribution in [3.8, 4) is 5.69 Å². The normalized spacial score (nSPS) is 14.0. The van der Waals surface area contributed by atoms with Crippen LogP contribution >= 0.6 is 11.6 Å². The maximum atomic E-state index is 13.5. The summed E-state index contributed by atoms with van der Waals surface area (Å²) in [6.45, 7) is 3.77. The molecular formula is C21H20ClFN4O. The molecule has 0 spiro atoms. The Balaban J connectivity index is 1.56. The number of aromatic nitrogens is 3. The molecule has 1 amide bonds. The van der Waals surface area contributed by atoms with Crippen molar-refractivity contribution in [2.24, 2.45) is 0 Å². The van der Waals surface area contributed by atoms with Crippen molar-refractivity contribution >= 4 is 17.5 Å². The van der Waals surface area contributed by atoms with E-state index in [1.165, 1.54) is 12.1 Å². The average molecular weight is 399 g/mol. The van der Waals surface area contributed by atoms with Crippen LogP contribution in [-0.4, -0.2) is 20.7 Å². The molecule has 0 aliphatic heterocycles. The number of pyridine rings is 1. The molecule has 7 heteroatoms. The Morgan fingerprint density at radius 1 is 1.32 bits per heavy atom. The van der Waals surface area contributed by atoms with Crippen molar-refractivity contribution < 1.29 is 9.18 Å². The van der Waals surface area contributed by atoms with Crippen molar-refractivity contribution in [1.82, 2.24) is 20.1 Å². The summed E-state index contributed by atoms with van der Waals surface area (Å²) >= 11 is 6.24. The highest BCUT2D eigenvalue weighted by molar-refractivity contribution is 6.32. The first-order chi connectivity index (χ1) is 13.4. The van der Waals surface area contributed by atoms with Gasteiger partial charge in [-0.3, -0.25) is 4.79 Å². The molecule has 144 valence electrons. The number of carbonyl (C=O) groups excluding carboxylic acids is 1. The molecule has 28 heavy (non-hydrogen) atoms. The molecule has 1 atom stereocenters. The lowest BCUT2D eigenvalue weighted by Crippen LogP contribution is -2.27. The first kappa shape index (κ1) is 18.6. The van der Waals surface area contributed by atoms with Crippen molar-refractivity contribution in [2.45, 2.75) is 39.2 Å². The van der Waals surface area contributed by atoms with Crippen LogP contribution in [0.2, 0.25) is 5.15 Å². The van der Waals surface area contributed by atoms with Gasteiger partial charge in [-0.05, 0) is 62.9 Å². The van der Waals surface area contributed by atoms with Crippen LogP contribution in [0.15, 0.2) is 36.5 Å². The first-order valence-corrected chi connectivity index (χ1v) is 9.61. The zero-order valence-electron chi connectivity index (χ0n) is 15.7. The van der Waals surface area contributed by atoms with Crippen molar-refractivity contribution in [1.29, 1.82) is 0 Å². The number of hydrogen-bond acceptors (Lipinski definition) is 3. The van der Waals surface area contributed by atoms with Crippen LogP contribution in [0.3, 0.4) is 0 Å². The molecule has 0 saturated heterocycles. The molecule has 0 fully saturated rings. The van der Waals surface area contributed by atoms with Crippen LogP contribution in [0.4, 0.5) is 4.39 Å². The number of aryl methyl sites for hydroxylation is 2. The highest BCUT2D eigenvalue weighted by Gasteiger charge is 2.22. The van der Waals surface area contributed by atoms with Crippen molar-refractivity contribution in [3.63, 3.8) is 0 Å². The van der Waals surface area contributed by atoms with Gasteiger partial charge in [0.1, 0.15) is 11.0 Å². The van der Waals surface area contributed by atoms with E-state index in [1.54, 1.807) is 23.0 Å². The number of nitrogens with one attached hydrogen (secondary N) is 1. The second kappa shape index (κ2) is 7.36. The lowest BCUT2D eigenvalue weighted by molar-refractivity contribution is 0.0939. The van der Waals surface area contributed by atoms with Gasteiger partial charge in [-0.25, -0.2) is 14.1 Å². The van der Waals surface area contributed by atoms with Gasteiger partial charge >= 0.3 is 0 Å². The Kier molecular flexibility index (Phi) is 4.89. The smallest absolute Gasteiger partial charge is 0.254 e. The number of rotatable bonds is 4. The summed E-state index contributed by atoms with van der Waals surface area (Å²) < 4.78 is 15.2. The largest absolute Gasteiger partial charge is 0.345 e. The van der Waals surface area contributed by atoms with Gasteiger partial charge in [0.2, 0.25) is 0 Å². The predicted molar refractivity (Wildman–Crippen MR) is 105 cm³/mol. The molecule has 0 saturated carbocycles. The summed E-state index contributed by atoms with van der Waals surface area (Å²) in [6.07, 6.45) is 4.56. The molecule has 1 aliphatic rings. The maximum absolute atomic E-state index is 13.5. The van der Waals surface area contributed by atoms with E-state index in [0.29, 0.717) is 11.3 Å². The first-order valence-electron chi connectivity index (χ1n) is 9.23. The molecule has 1 aliphatic carbocycles. The summed E-state index contributed by atoms with van der Waals surface area (Å²) in [4.78, 5) is 17.1. The fraction of sp³-hybridized carbons (Fsp3) is 0.286. The van der Waals surface area contributed by atoms with Crippen LogP contribution in [0, 0.1) is 12.7 Å². The minimum Gasteiger partial charge on any atom is -0.345 e. The minimum atomic E-state index is -0.325. The van der Waals surface area contributed by atoms with E-state index in [1.807, 2.05) is 19.9 Å². The summed E-state index contributed by atoms with van der Waals surface area (Å²) in [5, 5.41) is 7.56. The number of fused-ring (bicyclic) bond motifs is 1. The third-order valence-electron chi connectivity index (χ3n) is 5.16. The Morgan fingerprint density at radius 2 is 2.14 bits per heavy atom. The van der Waals surface area contributed by atoms with Crippen molar-refractivity contribution in [2.75, 3.05) is 0 Å². The SMILES string of the molecule is Cc1c([C@H](C)NC(=O)c2cc3c(nc2Cl)CCC3)cnn1-c1cccc(F)c1. The summed E-state index contributed by atoms with van der Waals surface area (Å²) in [7, 11) is 0. The molecule has 4 rings (SSSR count). The molecule has 0 radical (unpaired) electrons. The standard InChI is InChI=1S/C21H20ClFN4O/c1-12(18-11-24-27(13(18)2)16-7-4-6-15(23)10-16)25-21(28)17-9-14-5-3-8-19(14)26-20(17)22/h4,6-7,9-12H,3,5,8H2,1-2H3,(H,25,28)/t12-/m0/s1. The van der Waals surface area contributed by atoms with Gasteiger partial charge in [0.25, 0.3) is 5.91 Å². The van der Waals surface area contributed by atoms with E-state index in [-0.39, 0.29) is 22.9 Å². The number of amides is 1. The van der Waals surface area contributed by atoms with Crippen LogP contribution in [0.1, 0.15) is 52.3 Å². The van der Waals surface area contributed by atoms with Crippen molar-refractivity contribution in [3.05, 3.63) is 75.6 Å². The molecule has 3 aromatic rings. The highest BCUT2D eigenvalue weighted by Crippen LogP contribution is 2.26. The lowest BCUT2D eigenvalue weighted by atomic mass is 10.1. The molecule has 2 aromatic heterocycles. The molecular weight excluding hydrogens is 379 g/mol. The van der Waals surface area contributed by atoms with E-state index in [4.69, 9.17) is 11.6 Å². The highest BCUT2D eigenvalue weighted by atomic mass is 35.5. The number of carbonyl (C=O) groups is 1. The van der Waals surface area contributed by atoms with Gasteiger partial charge < -0.3 is 5.32 Å². The predicted octanol–water partition coefficient (Wildman–Crippen LogP) is 4.35. The molecule has 1 aromatic carbocycles. The maximum Gasteiger partial charge on any atom is 0.254 e. The zero-order valence-corrected chi connectivity index (χ0v) is 16.4. The van der Waals surface area contributed by atoms with Gasteiger partial charge in [-0.15, -0.1) is 0 Å². The van der Waals surface area contributed by atoms with Crippen LogP contribution in [0.5, 0.6) is 0 Å². The van der Waals surface area contributed by atoms with E-state index in [9.17, 15) is 9.18 Å². The van der Waals surface area contributed by atoms with Crippen LogP contribution < -0.4 is 5.32 Å². The molecule has 0 bridgehead atoms. The zero-order chi connectivity index (χ0) is 19.8. The Hall–Kier alpha value is -2.73. The van der Waals surface area contributed by atoms with Crippen LogP contribution in [0.25, 0.3) is 5.69 Å². The topological polar surface area (TPSA) is 59.8 Å². The molecule has 0 unspecified atom stereocenters. The van der Waals surface area contributed by atoms with E-state index < -0.39 is 0 Å². The van der Waals surface area contributed by atoms with E-state index in [2.05, 4.69) is 15.4 Å². The van der Waals surface area contributed by atoms with Crippen LogP contribution in [-0.2, 0) is 12.8 Å². The van der Waals surface area contributed by atoms with Gasteiger partial charge in [-0.1, -0.05) is 17.7 Å². The number of benzene rings is 1. The third kappa shape index (κ3) is 3.40. The second-order valence-corrected chi connectivity index (χ2v) is 7.42. The van der Waals surface area contributed by atoms with Gasteiger partial charge in [0.15, 0.2) is 0 Å². The van der Waals surface area contributed by atoms with E-state index in [0.717, 1.165) is 41.8 Å². The number of halogens is 2. The van der Waals surface area contributed by atoms with Gasteiger partial charge in [0, 0.05) is 17.0 Å². The monoisotopic (exact) mass is 398 g/mol. The Bertz CT molecular complexity index is 1060. The molecule has 1 N–H and O–H groups in total. The number of hydrogen-bond donors (Lipinski definition) is 1. The van der Waals surface area contributed by atoms with Gasteiger partial charge in [-0.2, -0.15) is 5.10 Å². The minimum absolute atomic E-state index is 0.234. The molecule has 2 heterocycles. The third-order valence-corrected chi connectivity index (χ3v) is 5.45. The second-order valence-electron chi connectivity index (χ2n) is 7.06. The fourth-order valence-corrected chi connectivity index (χ4v) is 3.92. The van der Waals surface area contributed by atoms with E-state index >= 15 is 0 Å².